The van der Waals surface area contributed by atoms with Crippen LogP contribution in [-0.2, 0) is 22.5 Å². The van der Waals surface area contributed by atoms with Gasteiger partial charge in [-0.3, -0.25) is 9.59 Å². The van der Waals surface area contributed by atoms with Crippen LogP contribution >= 0.6 is 11.6 Å². The molecule has 0 aliphatic carbocycles. The van der Waals surface area contributed by atoms with E-state index in [1.807, 2.05) is 37.3 Å². The molecule has 1 fully saturated rings. The molecule has 2 aromatic carbocycles. The normalized spacial score (nSPS) is 16.3. The lowest BCUT2D eigenvalue weighted by molar-refractivity contribution is -0.122. The Labute approximate surface area is 227 Å². The first-order valence-electron chi connectivity index (χ1n) is 13.0. The largest absolute Gasteiger partial charge is 0.381 e. The van der Waals surface area contributed by atoms with Crippen molar-refractivity contribution in [3.63, 3.8) is 0 Å². The van der Waals surface area contributed by atoms with Crippen LogP contribution in [0.3, 0.4) is 0 Å². The topological polar surface area (TPSA) is 96.5 Å². The van der Waals surface area contributed by atoms with E-state index < -0.39 is 0 Å². The van der Waals surface area contributed by atoms with Crippen LogP contribution < -0.4 is 10.6 Å². The third-order valence-corrected chi connectivity index (χ3v) is 7.37. The lowest BCUT2D eigenvalue weighted by Crippen LogP contribution is -2.42. The minimum absolute atomic E-state index is 0.00833. The van der Waals surface area contributed by atoms with Crippen LogP contribution in [0.25, 0.3) is 11.3 Å². The number of nitrogens with zero attached hydrogens (tertiary/aromatic N) is 3. The molecule has 9 heteroatoms. The zero-order valence-electron chi connectivity index (χ0n) is 21.7. The van der Waals surface area contributed by atoms with Crippen molar-refractivity contribution in [3.8, 4) is 11.3 Å². The molecule has 2 aliphatic heterocycles. The van der Waals surface area contributed by atoms with E-state index in [1.165, 1.54) is 11.1 Å². The number of carbonyl (C=O) groups is 2. The van der Waals surface area contributed by atoms with Gasteiger partial charge < -0.3 is 20.3 Å². The van der Waals surface area contributed by atoms with Gasteiger partial charge in [0.05, 0.1) is 16.9 Å². The molecule has 0 spiro atoms. The van der Waals surface area contributed by atoms with Crippen molar-refractivity contribution in [2.75, 3.05) is 25.1 Å². The number of halogens is 1. The molecule has 8 nitrogen and oxygen atoms in total. The van der Waals surface area contributed by atoms with Gasteiger partial charge in [-0.1, -0.05) is 48.0 Å². The molecule has 0 radical (unpaired) electrons. The van der Waals surface area contributed by atoms with Gasteiger partial charge in [-0.05, 0) is 55.9 Å². The standard InChI is InChI=1S/C29H32ClN5O3/c1-18-5-3-4-6-20(18)13-19(2)32-26(36)17-35-16-22-8-7-21(14-24(22)28(35)37)27-25(30)15-31-29(34-27)33-23-9-11-38-12-10-23/h3-8,14-15,19,23H,9-13,16-17H2,1-2H3,(H,32,36)(H,31,33,34). The number of hydrogen-bond acceptors (Lipinski definition) is 6. The van der Waals surface area contributed by atoms with E-state index in [0.717, 1.165) is 30.4 Å². The summed E-state index contributed by atoms with van der Waals surface area (Å²) < 4.78 is 5.42. The summed E-state index contributed by atoms with van der Waals surface area (Å²) in [4.78, 5) is 36.5. The Morgan fingerprint density at radius 3 is 2.79 bits per heavy atom. The maximum atomic E-state index is 13.2. The summed E-state index contributed by atoms with van der Waals surface area (Å²) in [5, 5.41) is 6.80. The number of rotatable bonds is 8. The molecular formula is C29H32ClN5O3. The Hall–Kier alpha value is -3.49. The van der Waals surface area contributed by atoms with E-state index in [2.05, 4.69) is 39.7 Å². The highest BCUT2D eigenvalue weighted by atomic mass is 35.5. The monoisotopic (exact) mass is 533 g/mol. The van der Waals surface area contributed by atoms with Gasteiger partial charge in [0.25, 0.3) is 5.91 Å². The van der Waals surface area contributed by atoms with Crippen molar-refractivity contribution in [2.24, 2.45) is 0 Å². The molecule has 5 rings (SSSR count). The number of amides is 2. The predicted molar refractivity (Wildman–Crippen MR) is 147 cm³/mol. The van der Waals surface area contributed by atoms with E-state index >= 15 is 0 Å². The lowest BCUT2D eigenvalue weighted by Gasteiger charge is -2.23. The first-order valence-corrected chi connectivity index (χ1v) is 13.4. The number of ether oxygens (including phenoxy) is 1. The molecule has 2 N–H and O–H groups in total. The molecule has 3 aromatic rings. The highest BCUT2D eigenvalue weighted by Gasteiger charge is 2.30. The van der Waals surface area contributed by atoms with E-state index in [1.54, 1.807) is 11.1 Å². The SMILES string of the molecule is Cc1ccccc1CC(C)NC(=O)CN1Cc2ccc(-c3nc(NC4CCOCC4)ncc3Cl)cc2C1=O. The summed E-state index contributed by atoms with van der Waals surface area (Å²) in [5.41, 5.74) is 5.14. The van der Waals surface area contributed by atoms with E-state index in [0.29, 0.717) is 42.0 Å². The van der Waals surface area contributed by atoms with Gasteiger partial charge in [0.15, 0.2) is 0 Å². The number of hydrogen-bond donors (Lipinski definition) is 2. The van der Waals surface area contributed by atoms with Crippen molar-refractivity contribution in [1.82, 2.24) is 20.2 Å². The summed E-state index contributed by atoms with van der Waals surface area (Å²) in [5.74, 6) is 0.158. The molecular weight excluding hydrogens is 502 g/mol. The molecule has 0 bridgehead atoms. The maximum Gasteiger partial charge on any atom is 0.254 e. The quantitative estimate of drug-likeness (QED) is 0.445. The van der Waals surface area contributed by atoms with Gasteiger partial charge in [-0.25, -0.2) is 9.97 Å². The van der Waals surface area contributed by atoms with Crippen molar-refractivity contribution in [3.05, 3.63) is 75.9 Å². The molecule has 1 unspecified atom stereocenters. The smallest absolute Gasteiger partial charge is 0.254 e. The number of anilines is 1. The van der Waals surface area contributed by atoms with E-state index in [4.69, 9.17) is 16.3 Å². The van der Waals surface area contributed by atoms with E-state index in [-0.39, 0.29) is 30.4 Å². The van der Waals surface area contributed by atoms with Gasteiger partial charge in [0.1, 0.15) is 6.54 Å². The predicted octanol–water partition coefficient (Wildman–Crippen LogP) is 4.40. The van der Waals surface area contributed by atoms with Crippen molar-refractivity contribution in [1.29, 1.82) is 0 Å². The summed E-state index contributed by atoms with van der Waals surface area (Å²) in [7, 11) is 0. The van der Waals surface area contributed by atoms with Gasteiger partial charge in [0.2, 0.25) is 11.9 Å². The molecule has 1 aromatic heterocycles. The molecule has 198 valence electrons. The summed E-state index contributed by atoms with van der Waals surface area (Å²) >= 11 is 6.45. The van der Waals surface area contributed by atoms with Crippen LogP contribution in [-0.4, -0.2) is 58.5 Å². The zero-order chi connectivity index (χ0) is 26.6. The minimum Gasteiger partial charge on any atom is -0.381 e. The lowest BCUT2D eigenvalue weighted by atomic mass is 10.0. The second-order valence-electron chi connectivity index (χ2n) is 10.1. The molecule has 2 amide bonds. The molecule has 2 aliphatic rings. The van der Waals surface area contributed by atoms with Crippen LogP contribution in [0.5, 0.6) is 0 Å². The molecule has 1 atom stereocenters. The van der Waals surface area contributed by atoms with Gasteiger partial charge in [-0.2, -0.15) is 0 Å². The second-order valence-corrected chi connectivity index (χ2v) is 10.5. The number of benzene rings is 2. The summed E-state index contributed by atoms with van der Waals surface area (Å²) in [6.45, 7) is 5.87. The Morgan fingerprint density at radius 2 is 2.00 bits per heavy atom. The van der Waals surface area contributed by atoms with Crippen molar-refractivity contribution in [2.45, 2.75) is 51.7 Å². The van der Waals surface area contributed by atoms with Crippen LogP contribution in [0, 0.1) is 6.92 Å². The molecule has 1 saturated heterocycles. The number of aryl methyl sites for hydroxylation is 1. The van der Waals surface area contributed by atoms with Gasteiger partial charge in [-0.15, -0.1) is 0 Å². The number of carbonyl (C=O) groups excluding carboxylic acids is 2. The fourth-order valence-electron chi connectivity index (χ4n) is 5.01. The summed E-state index contributed by atoms with van der Waals surface area (Å²) in [6, 6.07) is 14.0. The van der Waals surface area contributed by atoms with Crippen molar-refractivity contribution >= 4 is 29.4 Å². The third kappa shape index (κ3) is 5.97. The highest BCUT2D eigenvalue weighted by Crippen LogP contribution is 2.31. The number of fused-ring (bicyclic) bond motifs is 1. The Kier molecular flexibility index (Phi) is 7.90. The van der Waals surface area contributed by atoms with Crippen LogP contribution in [0.1, 0.15) is 46.8 Å². The van der Waals surface area contributed by atoms with Crippen LogP contribution in [0.4, 0.5) is 5.95 Å². The first-order chi connectivity index (χ1) is 18.4. The second kappa shape index (κ2) is 11.5. The van der Waals surface area contributed by atoms with Crippen molar-refractivity contribution < 1.29 is 14.3 Å². The molecule has 0 saturated carbocycles. The Balaban J connectivity index is 1.24. The number of aromatic nitrogens is 2. The van der Waals surface area contributed by atoms with Gasteiger partial charge >= 0.3 is 0 Å². The zero-order valence-corrected chi connectivity index (χ0v) is 22.4. The average Bonchev–Trinajstić information content (AvgIpc) is 3.21. The Morgan fingerprint density at radius 1 is 1.21 bits per heavy atom. The van der Waals surface area contributed by atoms with Crippen LogP contribution in [0.15, 0.2) is 48.7 Å². The third-order valence-electron chi connectivity index (χ3n) is 7.09. The highest BCUT2D eigenvalue weighted by molar-refractivity contribution is 6.33. The van der Waals surface area contributed by atoms with Crippen LogP contribution in [0.2, 0.25) is 5.02 Å². The molecule has 38 heavy (non-hydrogen) atoms. The van der Waals surface area contributed by atoms with E-state index in [9.17, 15) is 9.59 Å². The number of nitrogens with one attached hydrogen (secondary N) is 2. The summed E-state index contributed by atoms with van der Waals surface area (Å²) in [6.07, 6.45) is 4.10. The maximum absolute atomic E-state index is 13.2. The fourth-order valence-corrected chi connectivity index (χ4v) is 5.21. The average molecular weight is 534 g/mol. The van der Waals surface area contributed by atoms with Gasteiger partial charge in [0, 0.05) is 43.0 Å². The Bertz CT molecular complexity index is 1340. The fraction of sp³-hybridized carbons (Fsp3) is 0.379. The minimum atomic E-state index is -0.172. The molecule has 3 heterocycles. The first kappa shape index (κ1) is 26.1.